The van der Waals surface area contributed by atoms with E-state index >= 15 is 0 Å². The summed E-state index contributed by atoms with van der Waals surface area (Å²) in [4.78, 5) is 13.4. The van der Waals surface area contributed by atoms with Crippen molar-refractivity contribution in [2.45, 2.75) is 44.2 Å². The molecule has 0 spiro atoms. The molecule has 1 unspecified atom stereocenters. The third kappa shape index (κ3) is 1.46. The maximum Gasteiger partial charge on any atom is 0.234 e. The van der Waals surface area contributed by atoms with Crippen LogP contribution in [0, 0.1) is 0 Å². The van der Waals surface area contributed by atoms with E-state index < -0.39 is 0 Å². The van der Waals surface area contributed by atoms with Gasteiger partial charge in [-0.05, 0) is 32.2 Å². The normalized spacial score (nSPS) is 31.8. The van der Waals surface area contributed by atoms with Gasteiger partial charge in [-0.15, -0.1) is 0 Å². The van der Waals surface area contributed by atoms with Crippen LogP contribution in [-0.4, -0.2) is 29.4 Å². The van der Waals surface area contributed by atoms with Gasteiger partial charge in [0.05, 0.1) is 6.04 Å². The van der Waals surface area contributed by atoms with Crippen LogP contribution in [0.4, 0.5) is 0 Å². The van der Waals surface area contributed by atoms with E-state index in [0.29, 0.717) is 6.04 Å². The molecule has 2 fully saturated rings. The zero-order valence-corrected chi connectivity index (χ0v) is 7.33. The number of nitrogens with zero attached hydrogens (tertiary/aromatic N) is 1. The van der Waals surface area contributed by atoms with Gasteiger partial charge < -0.3 is 5.73 Å². The van der Waals surface area contributed by atoms with Crippen LogP contribution in [0.25, 0.3) is 0 Å². The topological polar surface area (TPSA) is 46.3 Å². The lowest BCUT2D eigenvalue weighted by molar-refractivity contribution is -0.124. The Labute approximate surface area is 72.9 Å². The first-order valence-corrected chi connectivity index (χ1v) is 4.84. The molecule has 68 valence electrons. The Hall–Kier alpha value is -0.570. The summed E-state index contributed by atoms with van der Waals surface area (Å²) in [6, 6.07) is 0.731. The number of carbonyl (C=O) groups excluding carboxylic acids is 1. The van der Waals surface area contributed by atoms with E-state index in [0.717, 1.165) is 19.4 Å². The van der Waals surface area contributed by atoms with Crippen LogP contribution in [-0.2, 0) is 4.79 Å². The van der Waals surface area contributed by atoms with Crippen molar-refractivity contribution in [3.05, 3.63) is 0 Å². The highest BCUT2D eigenvalue weighted by Crippen LogP contribution is 2.32. The molecule has 1 aliphatic heterocycles. The quantitative estimate of drug-likeness (QED) is 0.652. The zero-order chi connectivity index (χ0) is 8.55. The number of rotatable bonds is 2. The molecule has 3 heteroatoms. The molecule has 3 nitrogen and oxygen atoms in total. The third-order valence-corrected chi connectivity index (χ3v) is 2.89. The molecule has 0 aromatic carbocycles. The molecule has 1 saturated heterocycles. The maximum atomic E-state index is 11.1. The van der Waals surface area contributed by atoms with E-state index in [2.05, 4.69) is 4.90 Å². The van der Waals surface area contributed by atoms with E-state index in [4.69, 9.17) is 5.73 Å². The second-order valence-corrected chi connectivity index (χ2v) is 3.88. The van der Waals surface area contributed by atoms with Gasteiger partial charge in [0.1, 0.15) is 0 Å². The smallest absolute Gasteiger partial charge is 0.234 e. The standard InChI is InChI=1S/C9H16N2O/c10-9(12)8-3-1-2-6-11(8)7-4-5-7/h7-8H,1-6H2,(H2,10,12). The van der Waals surface area contributed by atoms with Gasteiger partial charge in [0.15, 0.2) is 0 Å². The Morgan fingerprint density at radius 1 is 1.25 bits per heavy atom. The highest BCUT2D eigenvalue weighted by Gasteiger charge is 2.37. The van der Waals surface area contributed by atoms with E-state index in [1.807, 2.05) is 0 Å². The van der Waals surface area contributed by atoms with Crippen LogP contribution in [0.1, 0.15) is 32.1 Å². The molecule has 0 bridgehead atoms. The molecule has 1 atom stereocenters. The molecule has 12 heavy (non-hydrogen) atoms. The Morgan fingerprint density at radius 3 is 2.58 bits per heavy atom. The van der Waals surface area contributed by atoms with Crippen LogP contribution in [0.5, 0.6) is 0 Å². The lowest BCUT2D eigenvalue weighted by atomic mass is 10.0. The first-order chi connectivity index (χ1) is 5.79. The third-order valence-electron chi connectivity index (χ3n) is 2.89. The number of likely N-dealkylation sites (tertiary alicyclic amines) is 1. The number of primary amides is 1. The summed E-state index contributed by atoms with van der Waals surface area (Å²) in [5, 5.41) is 0. The van der Waals surface area contributed by atoms with Crippen molar-refractivity contribution < 1.29 is 4.79 Å². The number of amides is 1. The average molecular weight is 168 g/mol. The van der Waals surface area contributed by atoms with E-state index in [1.54, 1.807) is 0 Å². The molecule has 2 N–H and O–H groups in total. The molecule has 1 saturated carbocycles. The fraction of sp³-hybridized carbons (Fsp3) is 0.889. The molecular weight excluding hydrogens is 152 g/mol. The predicted molar refractivity (Wildman–Crippen MR) is 46.6 cm³/mol. The number of carbonyl (C=O) groups is 1. The predicted octanol–water partition coefficient (Wildman–Crippen LogP) is 0.489. The number of hydrogen-bond acceptors (Lipinski definition) is 2. The van der Waals surface area contributed by atoms with Gasteiger partial charge in [0.25, 0.3) is 0 Å². The second kappa shape index (κ2) is 3.05. The first kappa shape index (κ1) is 8.05. The summed E-state index contributed by atoms with van der Waals surface area (Å²) >= 11 is 0. The summed E-state index contributed by atoms with van der Waals surface area (Å²) < 4.78 is 0. The van der Waals surface area contributed by atoms with Crippen molar-refractivity contribution in [3.63, 3.8) is 0 Å². The van der Waals surface area contributed by atoms with Crippen LogP contribution in [0.2, 0.25) is 0 Å². The van der Waals surface area contributed by atoms with Crippen LogP contribution in [0.3, 0.4) is 0 Å². The Balaban J connectivity index is 2.00. The number of piperidine rings is 1. The van der Waals surface area contributed by atoms with Gasteiger partial charge in [-0.3, -0.25) is 9.69 Å². The molecule has 1 aliphatic carbocycles. The molecule has 0 radical (unpaired) electrons. The lowest BCUT2D eigenvalue weighted by Crippen LogP contribution is -2.48. The molecule has 1 amide bonds. The van der Waals surface area contributed by atoms with Crippen molar-refractivity contribution in [1.29, 1.82) is 0 Å². The van der Waals surface area contributed by atoms with Crippen LogP contribution >= 0.6 is 0 Å². The van der Waals surface area contributed by atoms with Crippen molar-refractivity contribution in [2.24, 2.45) is 5.73 Å². The van der Waals surface area contributed by atoms with Crippen LogP contribution < -0.4 is 5.73 Å². The lowest BCUT2D eigenvalue weighted by Gasteiger charge is -2.33. The first-order valence-electron chi connectivity index (χ1n) is 4.84. The zero-order valence-electron chi connectivity index (χ0n) is 7.33. The summed E-state index contributed by atoms with van der Waals surface area (Å²) in [6.07, 6.45) is 5.91. The van der Waals surface area contributed by atoms with Gasteiger partial charge >= 0.3 is 0 Å². The molecule has 2 aliphatic rings. The average Bonchev–Trinajstić information content (AvgIpc) is 2.87. The molecular formula is C9H16N2O. The minimum absolute atomic E-state index is 0.0475. The molecule has 0 aromatic rings. The SMILES string of the molecule is NC(=O)C1CCCCN1C1CC1. The minimum Gasteiger partial charge on any atom is -0.368 e. The summed E-state index contributed by atoms with van der Waals surface area (Å²) in [5.41, 5.74) is 5.34. The number of nitrogens with two attached hydrogens (primary N) is 1. The largest absolute Gasteiger partial charge is 0.368 e. The van der Waals surface area contributed by atoms with Gasteiger partial charge in [-0.2, -0.15) is 0 Å². The van der Waals surface area contributed by atoms with Gasteiger partial charge in [-0.1, -0.05) is 6.42 Å². The van der Waals surface area contributed by atoms with Gasteiger partial charge in [0.2, 0.25) is 5.91 Å². The summed E-state index contributed by atoms with van der Waals surface area (Å²) in [6.45, 7) is 1.08. The van der Waals surface area contributed by atoms with Crippen LogP contribution in [0.15, 0.2) is 0 Å². The van der Waals surface area contributed by atoms with E-state index in [1.165, 1.54) is 19.3 Å². The van der Waals surface area contributed by atoms with E-state index in [-0.39, 0.29) is 11.9 Å². The van der Waals surface area contributed by atoms with Gasteiger partial charge in [0, 0.05) is 6.04 Å². The molecule has 1 heterocycles. The Morgan fingerprint density at radius 2 is 2.00 bits per heavy atom. The van der Waals surface area contributed by atoms with Gasteiger partial charge in [-0.25, -0.2) is 0 Å². The highest BCUT2D eigenvalue weighted by molar-refractivity contribution is 5.80. The molecule has 2 rings (SSSR count). The number of hydrogen-bond donors (Lipinski definition) is 1. The van der Waals surface area contributed by atoms with Crippen molar-refractivity contribution in [3.8, 4) is 0 Å². The fourth-order valence-electron chi connectivity index (χ4n) is 2.10. The van der Waals surface area contributed by atoms with Crippen molar-refractivity contribution in [2.75, 3.05) is 6.54 Å². The van der Waals surface area contributed by atoms with Crippen molar-refractivity contribution in [1.82, 2.24) is 4.90 Å². The Bertz CT molecular complexity index is 189. The van der Waals surface area contributed by atoms with Crippen molar-refractivity contribution >= 4 is 5.91 Å². The summed E-state index contributed by atoms with van der Waals surface area (Å²) in [5.74, 6) is -0.124. The fourth-order valence-corrected chi connectivity index (χ4v) is 2.10. The second-order valence-electron chi connectivity index (χ2n) is 3.88. The Kier molecular flexibility index (Phi) is 2.05. The minimum atomic E-state index is -0.124. The summed E-state index contributed by atoms with van der Waals surface area (Å²) in [7, 11) is 0. The molecule has 0 aromatic heterocycles. The monoisotopic (exact) mass is 168 g/mol. The highest BCUT2D eigenvalue weighted by atomic mass is 16.1. The van der Waals surface area contributed by atoms with E-state index in [9.17, 15) is 4.79 Å². The maximum absolute atomic E-state index is 11.1.